The Hall–Kier alpha value is -1.61. The zero-order valence-corrected chi connectivity index (χ0v) is 13.2. The smallest absolute Gasteiger partial charge is 0.336 e. The van der Waals surface area contributed by atoms with E-state index in [0.29, 0.717) is 6.04 Å². The second-order valence-electron chi connectivity index (χ2n) is 6.53. The number of hydrogen-bond acceptors (Lipinski definition) is 2. The summed E-state index contributed by atoms with van der Waals surface area (Å²) in [7, 11) is 0. The summed E-state index contributed by atoms with van der Waals surface area (Å²) in [4.78, 5) is 13.5. The second-order valence-corrected chi connectivity index (χ2v) is 6.53. The molecule has 1 aromatic heterocycles. The normalized spacial score (nSPS) is 22.6. The molecule has 1 fully saturated rings. The maximum atomic E-state index is 11.9. The van der Waals surface area contributed by atoms with E-state index in [9.17, 15) is 4.79 Å². The van der Waals surface area contributed by atoms with Crippen LogP contribution in [0.2, 0.25) is 0 Å². The lowest BCUT2D eigenvalue weighted by molar-refractivity contribution is -0.941. The number of quaternary nitrogens is 1. The first kappa shape index (κ1) is 14.3. The summed E-state index contributed by atoms with van der Waals surface area (Å²) < 4.78 is 5.44. The summed E-state index contributed by atoms with van der Waals surface area (Å²) in [5, 5.41) is 1.11. The lowest BCUT2D eigenvalue weighted by atomic mass is 10.00. The van der Waals surface area contributed by atoms with Gasteiger partial charge in [-0.25, -0.2) is 4.79 Å². The third-order valence-corrected chi connectivity index (χ3v) is 4.76. The Morgan fingerprint density at radius 3 is 2.81 bits per heavy atom. The molecule has 0 bridgehead atoms. The standard InChI is InChI=1S/C18H23NO2/c1-12-8-13(2)18-16(9-12)15(10-17(20)21-18)11-19-7-5-4-6-14(19)3/h8-10,14H,4-7,11H2,1-3H3/p+1/t14-/m0/s1. The Labute approximate surface area is 125 Å². The van der Waals surface area contributed by atoms with Gasteiger partial charge in [0.1, 0.15) is 12.1 Å². The van der Waals surface area contributed by atoms with Crippen LogP contribution < -0.4 is 10.5 Å². The largest absolute Gasteiger partial charge is 0.422 e. The van der Waals surface area contributed by atoms with Gasteiger partial charge in [0.2, 0.25) is 0 Å². The number of piperidine rings is 1. The average molecular weight is 286 g/mol. The van der Waals surface area contributed by atoms with Gasteiger partial charge in [-0.15, -0.1) is 0 Å². The van der Waals surface area contributed by atoms with Gasteiger partial charge in [-0.05, 0) is 57.2 Å². The van der Waals surface area contributed by atoms with Crippen molar-refractivity contribution in [2.24, 2.45) is 0 Å². The molecule has 0 saturated carbocycles. The van der Waals surface area contributed by atoms with Crippen molar-refractivity contribution in [1.29, 1.82) is 0 Å². The van der Waals surface area contributed by atoms with E-state index in [-0.39, 0.29) is 5.63 Å². The van der Waals surface area contributed by atoms with Crippen LogP contribution in [-0.4, -0.2) is 12.6 Å². The van der Waals surface area contributed by atoms with Gasteiger partial charge in [0.25, 0.3) is 0 Å². The number of rotatable bonds is 2. The molecule has 1 unspecified atom stereocenters. The van der Waals surface area contributed by atoms with Crippen molar-refractivity contribution < 1.29 is 9.32 Å². The molecule has 21 heavy (non-hydrogen) atoms. The highest BCUT2D eigenvalue weighted by atomic mass is 16.4. The number of benzene rings is 1. The van der Waals surface area contributed by atoms with E-state index < -0.39 is 0 Å². The molecule has 0 aliphatic carbocycles. The zero-order chi connectivity index (χ0) is 15.0. The van der Waals surface area contributed by atoms with E-state index in [2.05, 4.69) is 26.0 Å². The summed E-state index contributed by atoms with van der Waals surface area (Å²) in [5.41, 5.74) is 3.93. The first-order valence-corrected chi connectivity index (χ1v) is 7.93. The van der Waals surface area contributed by atoms with Gasteiger partial charge < -0.3 is 9.32 Å². The quantitative estimate of drug-likeness (QED) is 0.860. The van der Waals surface area contributed by atoms with Gasteiger partial charge in [-0.1, -0.05) is 6.07 Å². The van der Waals surface area contributed by atoms with Gasteiger partial charge >= 0.3 is 5.63 Å². The van der Waals surface area contributed by atoms with Crippen molar-refractivity contribution in [2.75, 3.05) is 6.54 Å². The molecule has 0 radical (unpaired) electrons. The average Bonchev–Trinajstić information content (AvgIpc) is 2.42. The minimum Gasteiger partial charge on any atom is -0.422 e. The van der Waals surface area contributed by atoms with Crippen LogP contribution in [-0.2, 0) is 6.54 Å². The third kappa shape index (κ3) is 2.88. The second kappa shape index (κ2) is 5.64. The van der Waals surface area contributed by atoms with E-state index in [0.717, 1.165) is 28.6 Å². The van der Waals surface area contributed by atoms with Gasteiger partial charge in [0.05, 0.1) is 12.6 Å². The zero-order valence-electron chi connectivity index (χ0n) is 13.2. The van der Waals surface area contributed by atoms with E-state index in [1.165, 1.54) is 31.4 Å². The fourth-order valence-electron chi connectivity index (χ4n) is 3.59. The maximum absolute atomic E-state index is 11.9. The number of fused-ring (bicyclic) bond motifs is 1. The van der Waals surface area contributed by atoms with Gasteiger partial charge in [0, 0.05) is 17.0 Å². The summed E-state index contributed by atoms with van der Waals surface area (Å²) in [6.45, 7) is 8.55. The van der Waals surface area contributed by atoms with Crippen LogP contribution in [0.1, 0.15) is 42.9 Å². The minimum absolute atomic E-state index is 0.228. The van der Waals surface area contributed by atoms with Crippen molar-refractivity contribution in [3.05, 3.63) is 45.3 Å². The minimum atomic E-state index is -0.228. The van der Waals surface area contributed by atoms with Crippen molar-refractivity contribution in [2.45, 2.75) is 52.6 Å². The Bertz CT molecular complexity index is 717. The molecule has 1 aliphatic rings. The fraction of sp³-hybridized carbons (Fsp3) is 0.500. The molecule has 1 aliphatic heterocycles. The van der Waals surface area contributed by atoms with Crippen LogP contribution in [0.3, 0.4) is 0 Å². The van der Waals surface area contributed by atoms with Crippen LogP contribution in [0.15, 0.2) is 27.4 Å². The monoisotopic (exact) mass is 286 g/mol. The summed E-state index contributed by atoms with van der Waals surface area (Å²) >= 11 is 0. The highest BCUT2D eigenvalue weighted by molar-refractivity contribution is 5.83. The molecule has 1 saturated heterocycles. The van der Waals surface area contributed by atoms with E-state index in [1.807, 2.05) is 6.92 Å². The summed E-state index contributed by atoms with van der Waals surface area (Å²) in [5.74, 6) is 0. The van der Waals surface area contributed by atoms with Crippen molar-refractivity contribution in [3.63, 3.8) is 0 Å². The fourth-order valence-corrected chi connectivity index (χ4v) is 3.59. The molecule has 0 spiro atoms. The van der Waals surface area contributed by atoms with E-state index in [1.54, 1.807) is 11.0 Å². The summed E-state index contributed by atoms with van der Waals surface area (Å²) in [6, 6.07) is 6.59. The molecule has 2 atom stereocenters. The Morgan fingerprint density at radius 2 is 2.05 bits per heavy atom. The van der Waals surface area contributed by atoms with Gasteiger partial charge in [0.15, 0.2) is 0 Å². The van der Waals surface area contributed by atoms with Gasteiger partial charge in [-0.2, -0.15) is 0 Å². The predicted octanol–water partition coefficient (Wildman–Crippen LogP) is 2.37. The Kier molecular flexibility index (Phi) is 3.85. The number of nitrogens with one attached hydrogen (secondary N) is 1. The highest BCUT2D eigenvalue weighted by Crippen LogP contribution is 2.22. The van der Waals surface area contributed by atoms with Crippen molar-refractivity contribution in [3.8, 4) is 0 Å². The SMILES string of the molecule is Cc1cc(C)c2oc(=O)cc(C[NH+]3CCCC[C@@H]3C)c2c1. The lowest BCUT2D eigenvalue weighted by Crippen LogP contribution is -3.14. The molecule has 1 aromatic carbocycles. The Morgan fingerprint density at radius 1 is 1.24 bits per heavy atom. The first-order chi connectivity index (χ1) is 10.0. The molecular formula is C18H24NO2+. The van der Waals surface area contributed by atoms with Crippen LogP contribution >= 0.6 is 0 Å². The molecule has 2 heterocycles. The topological polar surface area (TPSA) is 34.6 Å². The van der Waals surface area contributed by atoms with Crippen LogP contribution in [0.4, 0.5) is 0 Å². The molecule has 1 N–H and O–H groups in total. The van der Waals surface area contributed by atoms with Crippen LogP contribution in [0.5, 0.6) is 0 Å². The van der Waals surface area contributed by atoms with Crippen molar-refractivity contribution in [1.82, 2.24) is 0 Å². The van der Waals surface area contributed by atoms with E-state index >= 15 is 0 Å². The number of hydrogen-bond donors (Lipinski definition) is 1. The number of likely N-dealkylation sites (tertiary alicyclic amines) is 1. The molecule has 3 nitrogen and oxygen atoms in total. The van der Waals surface area contributed by atoms with Crippen LogP contribution in [0, 0.1) is 13.8 Å². The molecule has 112 valence electrons. The molecule has 3 rings (SSSR count). The summed E-state index contributed by atoms with van der Waals surface area (Å²) in [6.07, 6.45) is 3.91. The number of aryl methyl sites for hydroxylation is 2. The maximum Gasteiger partial charge on any atom is 0.336 e. The molecule has 2 aromatic rings. The molecule has 3 heteroatoms. The molecular weight excluding hydrogens is 262 g/mol. The Balaban J connectivity index is 2.06. The van der Waals surface area contributed by atoms with Gasteiger partial charge in [-0.3, -0.25) is 0 Å². The first-order valence-electron chi connectivity index (χ1n) is 7.93. The molecule has 0 amide bonds. The van der Waals surface area contributed by atoms with Crippen LogP contribution in [0.25, 0.3) is 11.0 Å². The van der Waals surface area contributed by atoms with E-state index in [4.69, 9.17) is 4.42 Å². The predicted molar refractivity (Wildman–Crippen MR) is 84.8 cm³/mol. The van der Waals surface area contributed by atoms with Crippen molar-refractivity contribution >= 4 is 11.0 Å². The lowest BCUT2D eigenvalue weighted by Gasteiger charge is -2.30. The third-order valence-electron chi connectivity index (χ3n) is 4.76. The highest BCUT2D eigenvalue weighted by Gasteiger charge is 2.23.